The number of carbonyl (C=O) groups is 1. The van der Waals surface area contributed by atoms with E-state index in [2.05, 4.69) is 11.4 Å². The number of rotatable bonds is 2. The summed E-state index contributed by atoms with van der Waals surface area (Å²) in [6.45, 7) is 2.05. The highest BCUT2D eigenvalue weighted by Gasteiger charge is 2.36. The van der Waals surface area contributed by atoms with Gasteiger partial charge in [-0.05, 0) is 43.5 Å². The molecule has 1 aliphatic heterocycles. The Morgan fingerprint density at radius 2 is 1.97 bits per heavy atom. The zero-order valence-electron chi connectivity index (χ0n) is 15.7. The van der Waals surface area contributed by atoms with Gasteiger partial charge >= 0.3 is 0 Å². The molecule has 5 nitrogen and oxygen atoms in total. The number of hydrogen-bond acceptors (Lipinski definition) is 4. The van der Waals surface area contributed by atoms with Crippen molar-refractivity contribution in [1.82, 2.24) is 14.8 Å². The van der Waals surface area contributed by atoms with E-state index < -0.39 is 0 Å². The summed E-state index contributed by atoms with van der Waals surface area (Å²) in [5, 5.41) is 9.04. The molecular weight excluding hydrogens is 407 g/mol. The van der Waals surface area contributed by atoms with E-state index in [4.69, 9.17) is 33.3 Å². The van der Waals surface area contributed by atoms with Crippen LogP contribution < -0.4 is 5.32 Å². The average Bonchev–Trinajstić information content (AvgIpc) is 3.12. The molecule has 2 aromatic carbocycles. The molecule has 1 N–H and O–H groups in total. The maximum Gasteiger partial charge on any atom is 0.226 e. The minimum atomic E-state index is -0.294. The molecule has 0 radical (unpaired) electrons. The second-order valence-electron chi connectivity index (χ2n) is 7.44. The van der Waals surface area contributed by atoms with E-state index in [1.807, 2.05) is 35.9 Å². The molecule has 7 heteroatoms. The first-order chi connectivity index (χ1) is 14.0. The van der Waals surface area contributed by atoms with Gasteiger partial charge < -0.3 is 5.32 Å². The fourth-order valence-electron chi connectivity index (χ4n) is 4.06. The number of anilines is 1. The topological polar surface area (TPSA) is 59.8 Å². The van der Waals surface area contributed by atoms with Gasteiger partial charge in [-0.2, -0.15) is 4.98 Å². The molecule has 0 amide bonds. The van der Waals surface area contributed by atoms with Gasteiger partial charge in [0.1, 0.15) is 6.04 Å². The maximum atomic E-state index is 12.9. The number of allylic oxidation sites excluding steroid dienone is 2. The van der Waals surface area contributed by atoms with Crippen LogP contribution in [-0.2, 0) is 4.79 Å². The van der Waals surface area contributed by atoms with Gasteiger partial charge in [0.15, 0.2) is 11.6 Å². The summed E-state index contributed by atoms with van der Waals surface area (Å²) in [4.78, 5) is 17.6. The molecule has 0 saturated heterocycles. The second kappa shape index (κ2) is 7.01. The van der Waals surface area contributed by atoms with Crippen molar-refractivity contribution in [3.63, 3.8) is 0 Å². The molecular formula is C22H18Cl2N4O. The van der Waals surface area contributed by atoms with Crippen LogP contribution in [0.3, 0.4) is 0 Å². The van der Waals surface area contributed by atoms with Crippen LogP contribution in [0.2, 0.25) is 10.0 Å². The summed E-state index contributed by atoms with van der Waals surface area (Å²) in [5.41, 5.74) is 4.68. The Kier molecular flexibility index (Phi) is 4.45. The Hall–Kier alpha value is -2.63. The Balaban J connectivity index is 1.68. The molecule has 2 aliphatic rings. The van der Waals surface area contributed by atoms with Crippen molar-refractivity contribution in [3.05, 3.63) is 74.9 Å². The second-order valence-corrected chi connectivity index (χ2v) is 8.26. The van der Waals surface area contributed by atoms with Crippen LogP contribution in [0, 0.1) is 6.92 Å². The molecule has 0 saturated carbocycles. The van der Waals surface area contributed by atoms with E-state index >= 15 is 0 Å². The monoisotopic (exact) mass is 424 g/mol. The highest BCUT2D eigenvalue weighted by atomic mass is 35.5. The van der Waals surface area contributed by atoms with Crippen LogP contribution >= 0.6 is 23.2 Å². The summed E-state index contributed by atoms with van der Waals surface area (Å²) in [5.74, 6) is 1.34. The van der Waals surface area contributed by atoms with Crippen molar-refractivity contribution in [3.8, 4) is 11.4 Å². The first-order valence-corrected chi connectivity index (χ1v) is 10.3. The summed E-state index contributed by atoms with van der Waals surface area (Å²) in [7, 11) is 0. The van der Waals surface area contributed by atoms with E-state index in [-0.39, 0.29) is 11.8 Å². The van der Waals surface area contributed by atoms with Crippen LogP contribution in [0.4, 0.5) is 5.95 Å². The van der Waals surface area contributed by atoms with E-state index in [0.717, 1.165) is 40.8 Å². The minimum Gasteiger partial charge on any atom is -0.328 e. The minimum absolute atomic E-state index is 0.169. The molecule has 1 aliphatic carbocycles. The molecule has 0 spiro atoms. The number of fused-ring (bicyclic) bond motifs is 1. The van der Waals surface area contributed by atoms with Crippen molar-refractivity contribution in [1.29, 1.82) is 0 Å². The molecule has 1 atom stereocenters. The van der Waals surface area contributed by atoms with Crippen molar-refractivity contribution in [2.75, 3.05) is 5.32 Å². The van der Waals surface area contributed by atoms with Crippen LogP contribution in [-0.4, -0.2) is 20.5 Å². The molecule has 146 valence electrons. The Labute approximate surface area is 178 Å². The largest absolute Gasteiger partial charge is 0.328 e. The predicted octanol–water partition coefficient (Wildman–Crippen LogP) is 5.58. The van der Waals surface area contributed by atoms with Gasteiger partial charge in [0.25, 0.3) is 0 Å². The van der Waals surface area contributed by atoms with Gasteiger partial charge in [-0.1, -0.05) is 53.0 Å². The average molecular weight is 425 g/mol. The molecule has 1 aromatic heterocycles. The van der Waals surface area contributed by atoms with E-state index in [1.54, 1.807) is 12.1 Å². The number of nitrogens with zero attached hydrogens (tertiary/aromatic N) is 3. The predicted molar refractivity (Wildman–Crippen MR) is 114 cm³/mol. The highest BCUT2D eigenvalue weighted by Crippen LogP contribution is 2.41. The first kappa shape index (κ1) is 18.4. The van der Waals surface area contributed by atoms with E-state index in [0.29, 0.717) is 28.2 Å². The lowest BCUT2D eigenvalue weighted by Gasteiger charge is -2.32. The Bertz CT molecular complexity index is 1180. The van der Waals surface area contributed by atoms with Gasteiger partial charge in [0, 0.05) is 23.3 Å². The standard InChI is InChI=1S/C22H18Cl2N4O/c1-12-4-2-5-13(10-12)20-19-17(6-3-7-18(19)29)25-22-26-21(27-28(20)22)14-8-9-15(23)16(24)11-14/h2,4-5,8-11,20H,3,6-7H2,1H3,(H,25,26,27). The molecule has 0 fully saturated rings. The van der Waals surface area contributed by atoms with Crippen molar-refractivity contribution >= 4 is 34.9 Å². The van der Waals surface area contributed by atoms with Gasteiger partial charge in [-0.3, -0.25) is 4.79 Å². The first-order valence-electron chi connectivity index (χ1n) is 9.53. The van der Waals surface area contributed by atoms with Crippen LogP contribution in [0.1, 0.15) is 36.4 Å². The fraction of sp³-hybridized carbons (Fsp3) is 0.227. The number of nitrogens with one attached hydrogen (secondary N) is 1. The quantitative estimate of drug-likeness (QED) is 0.582. The maximum absolute atomic E-state index is 12.9. The van der Waals surface area contributed by atoms with Crippen LogP contribution in [0.15, 0.2) is 53.7 Å². The molecule has 1 unspecified atom stereocenters. The highest BCUT2D eigenvalue weighted by molar-refractivity contribution is 6.42. The molecule has 29 heavy (non-hydrogen) atoms. The zero-order valence-corrected chi connectivity index (χ0v) is 17.3. The normalized spacial score (nSPS) is 18.3. The summed E-state index contributed by atoms with van der Waals surface area (Å²) in [6, 6.07) is 13.2. The number of benzene rings is 2. The number of Topliss-reactive ketones (excluding diaryl/α,β-unsaturated/α-hetero) is 1. The van der Waals surface area contributed by atoms with E-state index in [1.165, 1.54) is 0 Å². The number of carbonyl (C=O) groups excluding carboxylic acids is 1. The lowest BCUT2D eigenvalue weighted by atomic mass is 9.85. The number of ketones is 1. The van der Waals surface area contributed by atoms with Crippen LogP contribution in [0.5, 0.6) is 0 Å². The summed E-state index contributed by atoms with van der Waals surface area (Å²) < 4.78 is 1.81. The summed E-state index contributed by atoms with van der Waals surface area (Å²) >= 11 is 12.2. The molecule has 0 bridgehead atoms. The lowest BCUT2D eigenvalue weighted by molar-refractivity contribution is -0.116. The smallest absolute Gasteiger partial charge is 0.226 e. The van der Waals surface area contributed by atoms with Gasteiger partial charge in [-0.15, -0.1) is 5.10 Å². The van der Waals surface area contributed by atoms with Crippen LogP contribution in [0.25, 0.3) is 11.4 Å². The fourth-order valence-corrected chi connectivity index (χ4v) is 4.36. The van der Waals surface area contributed by atoms with Gasteiger partial charge in [0.05, 0.1) is 10.0 Å². The van der Waals surface area contributed by atoms with Crippen molar-refractivity contribution < 1.29 is 4.79 Å². The Morgan fingerprint density at radius 3 is 2.76 bits per heavy atom. The third kappa shape index (κ3) is 3.15. The third-order valence-corrected chi connectivity index (χ3v) is 6.14. The molecule has 3 aromatic rings. The number of aryl methyl sites for hydroxylation is 1. The zero-order chi connectivity index (χ0) is 20.1. The number of hydrogen-bond donors (Lipinski definition) is 1. The summed E-state index contributed by atoms with van der Waals surface area (Å²) in [6.07, 6.45) is 2.24. The SMILES string of the molecule is Cc1cccc(C2C3=C(CCCC3=O)Nc3nc(-c4ccc(Cl)c(Cl)c4)nn32)c1. The van der Waals surface area contributed by atoms with Crippen molar-refractivity contribution in [2.24, 2.45) is 0 Å². The van der Waals surface area contributed by atoms with Gasteiger partial charge in [0.2, 0.25) is 5.95 Å². The van der Waals surface area contributed by atoms with Crippen molar-refractivity contribution in [2.45, 2.75) is 32.2 Å². The number of halogens is 2. The van der Waals surface area contributed by atoms with Gasteiger partial charge in [-0.25, -0.2) is 4.68 Å². The number of aromatic nitrogens is 3. The Morgan fingerprint density at radius 1 is 1.10 bits per heavy atom. The lowest BCUT2D eigenvalue weighted by Crippen LogP contribution is -2.31. The van der Waals surface area contributed by atoms with E-state index in [9.17, 15) is 4.79 Å². The molecule has 5 rings (SSSR count). The molecule has 2 heterocycles. The third-order valence-electron chi connectivity index (χ3n) is 5.40.